The summed E-state index contributed by atoms with van der Waals surface area (Å²) in [4.78, 5) is 40.0. The van der Waals surface area contributed by atoms with Crippen molar-refractivity contribution in [1.29, 1.82) is 0 Å². The van der Waals surface area contributed by atoms with Gasteiger partial charge < -0.3 is 25.8 Å². The van der Waals surface area contributed by atoms with Gasteiger partial charge in [-0.05, 0) is 66.5 Å². The lowest BCUT2D eigenvalue weighted by Crippen LogP contribution is -2.55. The zero-order valence-corrected chi connectivity index (χ0v) is 28.1. The Morgan fingerprint density at radius 3 is 1.83 bits per heavy atom. The van der Waals surface area contributed by atoms with Gasteiger partial charge in [-0.3, -0.25) is 9.59 Å². The van der Waals surface area contributed by atoms with E-state index in [2.05, 4.69) is 16.0 Å². The predicted molar refractivity (Wildman–Crippen MR) is 181 cm³/mol. The molecule has 47 heavy (non-hydrogen) atoms. The molecule has 0 heterocycles. The molecule has 0 saturated heterocycles. The molecule has 0 unspecified atom stereocenters. The van der Waals surface area contributed by atoms with Gasteiger partial charge >= 0.3 is 6.09 Å². The minimum atomic E-state index is -3.80. The first-order valence-corrected chi connectivity index (χ1v) is 17.2. The van der Waals surface area contributed by atoms with Crippen LogP contribution in [0.25, 0.3) is 0 Å². The van der Waals surface area contributed by atoms with E-state index in [-0.39, 0.29) is 35.5 Å². The summed E-state index contributed by atoms with van der Waals surface area (Å²) in [7, 11) is -3.80. The molecule has 11 heteroatoms. The molecule has 4 N–H and O–H groups in total. The van der Waals surface area contributed by atoms with Crippen molar-refractivity contribution in [3.63, 3.8) is 0 Å². The summed E-state index contributed by atoms with van der Waals surface area (Å²) in [6, 6.07) is 20.8. The van der Waals surface area contributed by atoms with Crippen molar-refractivity contribution in [2.45, 2.75) is 76.6 Å². The lowest BCUT2D eigenvalue weighted by atomic mass is 9.99. The highest BCUT2D eigenvalue weighted by Crippen LogP contribution is 2.16. The van der Waals surface area contributed by atoms with Gasteiger partial charge in [0, 0.05) is 5.41 Å². The van der Waals surface area contributed by atoms with Crippen LogP contribution >= 0.6 is 0 Å². The Kier molecular flexibility index (Phi) is 14.0. The summed E-state index contributed by atoms with van der Waals surface area (Å²) in [5, 5.41) is 19.1. The maximum Gasteiger partial charge on any atom is 0.408 e. The van der Waals surface area contributed by atoms with Gasteiger partial charge in [-0.25, -0.2) is 13.2 Å². The van der Waals surface area contributed by atoms with Crippen molar-refractivity contribution in [3.05, 3.63) is 108 Å². The molecule has 3 atom stereocenters. The number of phenols is 1. The highest BCUT2D eigenvalue weighted by molar-refractivity contribution is 7.94. The molecule has 3 rings (SSSR count). The molecular formula is C36H45N3O7S. The second kappa shape index (κ2) is 17.9. The van der Waals surface area contributed by atoms with E-state index in [1.807, 2.05) is 58.0 Å². The zero-order chi connectivity index (χ0) is 34.4. The molecule has 0 bridgehead atoms. The number of sulfone groups is 1. The number of carbonyl (C=O) groups excluding carboxylic acids is 3. The number of carbonyl (C=O) groups is 3. The topological polar surface area (TPSA) is 151 Å². The third kappa shape index (κ3) is 12.9. The van der Waals surface area contributed by atoms with Crippen LogP contribution in [0.15, 0.2) is 101 Å². The van der Waals surface area contributed by atoms with E-state index in [0.717, 1.165) is 16.5 Å². The van der Waals surface area contributed by atoms with Gasteiger partial charge in [-0.2, -0.15) is 0 Å². The Bertz CT molecular complexity index is 1580. The number of aromatic hydroxyl groups is 1. The van der Waals surface area contributed by atoms with Crippen molar-refractivity contribution in [3.8, 4) is 5.75 Å². The highest BCUT2D eigenvalue weighted by atomic mass is 32.2. The number of hydrogen-bond donors (Lipinski definition) is 4. The van der Waals surface area contributed by atoms with Crippen molar-refractivity contribution in [2.24, 2.45) is 11.8 Å². The fourth-order valence-electron chi connectivity index (χ4n) is 4.81. The van der Waals surface area contributed by atoms with Crippen LogP contribution in [-0.2, 0) is 37.2 Å². The van der Waals surface area contributed by atoms with E-state index < -0.39 is 45.9 Å². The normalized spacial score (nSPS) is 13.6. The van der Waals surface area contributed by atoms with Crippen LogP contribution in [0.4, 0.5) is 4.79 Å². The Morgan fingerprint density at radius 2 is 1.26 bits per heavy atom. The van der Waals surface area contributed by atoms with E-state index in [1.54, 1.807) is 30.3 Å². The van der Waals surface area contributed by atoms with Crippen LogP contribution in [0.5, 0.6) is 5.75 Å². The first kappa shape index (κ1) is 36.8. The SMILES string of the molecule is CC(C)C[C@H](NC(=O)OCc1ccccc1)C(=O)N[C@@H](CC(C)C)C(=O)N[C@H](C=CS(=O)(=O)c1ccccc1)Cc1ccc(O)cc1. The third-order valence-electron chi connectivity index (χ3n) is 7.15. The molecule has 3 aromatic rings. The molecule has 0 aromatic heterocycles. The molecule has 3 amide bonds. The summed E-state index contributed by atoms with van der Waals surface area (Å²) in [5.74, 6) is -0.905. The molecule has 10 nitrogen and oxygen atoms in total. The number of alkyl carbamates (subject to hydrolysis) is 1. The van der Waals surface area contributed by atoms with E-state index >= 15 is 0 Å². The molecule has 0 spiro atoms. The van der Waals surface area contributed by atoms with Gasteiger partial charge in [-0.15, -0.1) is 0 Å². The summed E-state index contributed by atoms with van der Waals surface area (Å²) in [6.07, 6.45) is 1.49. The van der Waals surface area contributed by atoms with Crippen molar-refractivity contribution >= 4 is 27.7 Å². The van der Waals surface area contributed by atoms with Crippen molar-refractivity contribution in [1.82, 2.24) is 16.0 Å². The largest absolute Gasteiger partial charge is 0.508 e. The van der Waals surface area contributed by atoms with Crippen LogP contribution in [0, 0.1) is 11.8 Å². The van der Waals surface area contributed by atoms with Gasteiger partial charge in [0.1, 0.15) is 24.4 Å². The molecule has 0 fully saturated rings. The Hall–Kier alpha value is -4.64. The number of ether oxygens (including phenoxy) is 1. The molecule has 252 valence electrons. The molecule has 0 saturated carbocycles. The van der Waals surface area contributed by atoms with Crippen LogP contribution in [0.2, 0.25) is 0 Å². The summed E-state index contributed by atoms with van der Waals surface area (Å²) in [6.45, 7) is 7.70. The quantitative estimate of drug-likeness (QED) is 0.163. The molecular weight excluding hydrogens is 618 g/mol. The number of rotatable bonds is 16. The number of benzene rings is 3. The minimum absolute atomic E-state index is 0.0166. The first-order valence-electron chi connectivity index (χ1n) is 15.7. The van der Waals surface area contributed by atoms with Crippen molar-refractivity contribution < 1.29 is 32.6 Å². The van der Waals surface area contributed by atoms with Gasteiger partial charge in [0.2, 0.25) is 11.8 Å². The van der Waals surface area contributed by atoms with E-state index in [1.165, 1.54) is 30.3 Å². The zero-order valence-electron chi connectivity index (χ0n) is 27.3. The smallest absolute Gasteiger partial charge is 0.408 e. The minimum Gasteiger partial charge on any atom is -0.508 e. The molecule has 0 aliphatic rings. The molecule has 0 radical (unpaired) electrons. The monoisotopic (exact) mass is 663 g/mol. The summed E-state index contributed by atoms with van der Waals surface area (Å²) in [5.41, 5.74) is 1.54. The van der Waals surface area contributed by atoms with E-state index in [9.17, 15) is 27.9 Å². The van der Waals surface area contributed by atoms with Crippen molar-refractivity contribution in [2.75, 3.05) is 0 Å². The maximum absolute atomic E-state index is 13.7. The highest BCUT2D eigenvalue weighted by Gasteiger charge is 2.29. The van der Waals surface area contributed by atoms with E-state index in [4.69, 9.17) is 4.74 Å². The third-order valence-corrected chi connectivity index (χ3v) is 8.59. The summed E-state index contributed by atoms with van der Waals surface area (Å²) >= 11 is 0. The van der Waals surface area contributed by atoms with Crippen LogP contribution in [0.3, 0.4) is 0 Å². The first-order chi connectivity index (χ1) is 22.3. The van der Waals surface area contributed by atoms with Gasteiger partial charge in [0.25, 0.3) is 0 Å². The lowest BCUT2D eigenvalue weighted by molar-refractivity contribution is -0.130. The van der Waals surface area contributed by atoms with Gasteiger partial charge in [0.05, 0.1) is 10.9 Å². The Morgan fingerprint density at radius 1 is 0.723 bits per heavy atom. The molecule has 3 aromatic carbocycles. The maximum atomic E-state index is 13.7. The molecule has 0 aliphatic carbocycles. The standard InChI is InChI=1S/C36H45N3O7S/c1-25(2)21-32(38-35(42)33(22-26(3)4)39-36(43)46-24-28-11-7-5-8-12-28)34(41)37-29(23-27-15-17-30(40)18-16-27)19-20-47(44,45)31-13-9-6-10-14-31/h5-20,25-26,29,32-33,40H,21-24H2,1-4H3,(H,37,41)(H,38,42)(H,39,43)/t29-,32+,33+/m1/s1. The molecule has 0 aliphatic heterocycles. The van der Waals surface area contributed by atoms with Gasteiger partial charge in [-0.1, -0.05) is 94.4 Å². The van der Waals surface area contributed by atoms with Crippen LogP contribution in [0.1, 0.15) is 51.7 Å². The second-order valence-electron chi connectivity index (χ2n) is 12.3. The number of nitrogens with one attached hydrogen (secondary N) is 3. The van der Waals surface area contributed by atoms with Gasteiger partial charge in [0.15, 0.2) is 9.84 Å². The summed E-state index contributed by atoms with van der Waals surface area (Å²) < 4.78 is 31.3. The number of hydrogen-bond acceptors (Lipinski definition) is 7. The average Bonchev–Trinajstić information content (AvgIpc) is 3.03. The lowest BCUT2D eigenvalue weighted by Gasteiger charge is -2.26. The fourth-order valence-corrected chi connectivity index (χ4v) is 5.90. The van der Waals surface area contributed by atoms with Crippen LogP contribution < -0.4 is 16.0 Å². The van der Waals surface area contributed by atoms with E-state index in [0.29, 0.717) is 12.8 Å². The number of phenolic OH excluding ortho intramolecular Hbond substituents is 1. The second-order valence-corrected chi connectivity index (χ2v) is 14.1. The Balaban J connectivity index is 1.78. The fraction of sp³-hybridized carbons (Fsp3) is 0.361. The predicted octanol–water partition coefficient (Wildman–Crippen LogP) is 5.28. The Labute approximate surface area is 277 Å². The number of amides is 3. The van der Waals surface area contributed by atoms with Crippen LogP contribution in [-0.4, -0.2) is 49.6 Å². The average molecular weight is 664 g/mol.